The molecule has 0 saturated heterocycles. The highest BCUT2D eigenvalue weighted by Crippen LogP contribution is 2.42. The van der Waals surface area contributed by atoms with Crippen LogP contribution < -0.4 is 0 Å². The third-order valence-corrected chi connectivity index (χ3v) is 5.62. The van der Waals surface area contributed by atoms with E-state index in [4.69, 9.17) is 4.74 Å². The summed E-state index contributed by atoms with van der Waals surface area (Å²) >= 11 is 0. The molecule has 3 rings (SSSR count). The predicted molar refractivity (Wildman–Crippen MR) is 102 cm³/mol. The van der Waals surface area contributed by atoms with Gasteiger partial charge in [-0.15, -0.1) is 0 Å². The molecule has 0 saturated carbocycles. The number of para-hydroxylation sites is 1. The lowest BCUT2D eigenvalue weighted by molar-refractivity contribution is -0.173. The Morgan fingerprint density at radius 2 is 2.00 bits per heavy atom. The summed E-state index contributed by atoms with van der Waals surface area (Å²) in [6, 6.07) is 6.00. The van der Waals surface area contributed by atoms with Gasteiger partial charge in [-0.1, -0.05) is 32.0 Å². The molecule has 1 atom stereocenters. The molecule has 0 radical (unpaired) electrons. The number of hydrogen-bond donors (Lipinski definition) is 1. The summed E-state index contributed by atoms with van der Waals surface area (Å²) in [5.41, 5.74) is 2.76. The molecule has 8 heteroatoms. The topological polar surface area (TPSA) is 62.4 Å². The van der Waals surface area contributed by atoms with Crippen LogP contribution in [-0.4, -0.2) is 41.0 Å². The van der Waals surface area contributed by atoms with Gasteiger partial charge in [0.05, 0.1) is 18.7 Å². The lowest BCUT2D eigenvalue weighted by Gasteiger charge is -2.37. The first-order valence-corrected chi connectivity index (χ1v) is 9.76. The zero-order valence-corrected chi connectivity index (χ0v) is 16.8. The molecule has 29 heavy (non-hydrogen) atoms. The van der Waals surface area contributed by atoms with Crippen molar-refractivity contribution in [1.82, 2.24) is 9.88 Å². The summed E-state index contributed by atoms with van der Waals surface area (Å²) in [4.78, 5) is 28.1. The summed E-state index contributed by atoms with van der Waals surface area (Å²) in [6.07, 6.45) is -3.13. The van der Waals surface area contributed by atoms with Gasteiger partial charge in [-0.25, -0.2) is 0 Å². The number of nitrogens with zero attached hydrogens (tertiary/aromatic N) is 1. The maximum Gasteiger partial charge on any atom is 0.406 e. The summed E-state index contributed by atoms with van der Waals surface area (Å²) in [5.74, 6) is -1.82. The second kappa shape index (κ2) is 7.82. The number of imide groups is 1. The molecule has 158 valence electrons. The minimum absolute atomic E-state index is 0.259. The van der Waals surface area contributed by atoms with Crippen molar-refractivity contribution in [1.29, 1.82) is 0 Å². The molecular weight excluding hydrogens is 385 g/mol. The van der Waals surface area contributed by atoms with Gasteiger partial charge in [0, 0.05) is 17.8 Å². The number of amides is 2. The summed E-state index contributed by atoms with van der Waals surface area (Å²) in [7, 11) is 0. The average molecular weight is 410 g/mol. The molecule has 1 N–H and O–H groups in total. The highest BCUT2D eigenvalue weighted by atomic mass is 19.4. The number of rotatable bonds is 5. The number of hydrogen-bond acceptors (Lipinski definition) is 3. The Kier molecular flexibility index (Phi) is 5.76. The molecule has 1 aliphatic heterocycles. The molecule has 2 aromatic rings. The van der Waals surface area contributed by atoms with Crippen LogP contribution in [-0.2, 0) is 32.8 Å². The van der Waals surface area contributed by atoms with Gasteiger partial charge in [0.2, 0.25) is 11.8 Å². The highest BCUT2D eigenvalue weighted by Gasteiger charge is 2.44. The lowest BCUT2D eigenvalue weighted by atomic mass is 9.85. The van der Waals surface area contributed by atoms with Crippen molar-refractivity contribution in [2.24, 2.45) is 0 Å². The third-order valence-electron chi connectivity index (χ3n) is 5.62. The van der Waals surface area contributed by atoms with E-state index in [1.165, 1.54) is 0 Å². The molecule has 2 amide bonds. The Balaban J connectivity index is 2.03. The first kappa shape index (κ1) is 21.4. The Hall–Kier alpha value is -2.35. The van der Waals surface area contributed by atoms with E-state index in [2.05, 4.69) is 4.98 Å². The average Bonchev–Trinajstić information content (AvgIpc) is 3.05. The molecule has 1 aromatic heterocycles. The molecule has 0 aliphatic carbocycles. The van der Waals surface area contributed by atoms with Gasteiger partial charge in [-0.2, -0.15) is 13.2 Å². The number of carbonyl (C=O) groups is 2. The molecule has 1 unspecified atom stereocenters. The minimum atomic E-state index is -4.66. The summed E-state index contributed by atoms with van der Waals surface area (Å²) in [6.45, 7) is 3.60. The van der Waals surface area contributed by atoms with Crippen molar-refractivity contribution < 1.29 is 27.5 Å². The van der Waals surface area contributed by atoms with E-state index < -0.39 is 30.1 Å². The number of halogens is 3. The van der Waals surface area contributed by atoms with E-state index in [0.29, 0.717) is 19.4 Å². The van der Waals surface area contributed by atoms with E-state index in [-0.39, 0.29) is 11.3 Å². The number of carbonyl (C=O) groups excluding carboxylic acids is 2. The van der Waals surface area contributed by atoms with E-state index in [0.717, 1.165) is 41.1 Å². The Labute approximate surface area is 167 Å². The second-order valence-electron chi connectivity index (χ2n) is 7.41. The van der Waals surface area contributed by atoms with Crippen molar-refractivity contribution in [3.05, 3.63) is 35.0 Å². The number of aryl methyl sites for hydroxylation is 1. The van der Waals surface area contributed by atoms with Crippen LogP contribution in [0.2, 0.25) is 0 Å². The van der Waals surface area contributed by atoms with Gasteiger partial charge in [0.1, 0.15) is 12.1 Å². The number of benzene rings is 1. The maximum absolute atomic E-state index is 12.9. The van der Waals surface area contributed by atoms with Gasteiger partial charge in [0.15, 0.2) is 0 Å². The molecule has 0 spiro atoms. The zero-order valence-electron chi connectivity index (χ0n) is 16.8. The Bertz CT molecular complexity index is 935. The SMILES string of the molecule is CCc1cccc2c3c([nH]c12)C(CC)(CC(=O)N(CC(F)(F)F)C(C)=O)OCC3. The van der Waals surface area contributed by atoms with Crippen molar-refractivity contribution >= 4 is 22.7 Å². The predicted octanol–water partition coefficient (Wildman–Crippen LogP) is 4.24. The second-order valence-corrected chi connectivity index (χ2v) is 7.41. The standard InChI is InChI=1S/C21H25F3N2O3/c1-4-14-7-6-8-15-16-9-10-29-20(5-2,19(16)25-18(14)15)11-17(28)26(13(3)27)12-21(22,23)24/h6-8,25H,4-5,9-12H2,1-3H3. The molecule has 5 nitrogen and oxygen atoms in total. The van der Waals surface area contributed by atoms with Crippen LogP contribution in [0.15, 0.2) is 18.2 Å². The van der Waals surface area contributed by atoms with Crippen LogP contribution in [0.3, 0.4) is 0 Å². The third kappa shape index (κ3) is 4.03. The molecule has 0 fully saturated rings. The van der Waals surface area contributed by atoms with Gasteiger partial charge >= 0.3 is 6.18 Å². The first-order valence-electron chi connectivity index (χ1n) is 9.76. The number of aromatic nitrogens is 1. The normalized spacial score (nSPS) is 19.2. The fraction of sp³-hybridized carbons (Fsp3) is 0.524. The first-order chi connectivity index (χ1) is 13.6. The van der Waals surface area contributed by atoms with Crippen LogP contribution >= 0.6 is 0 Å². The number of alkyl halides is 3. The molecule has 1 aromatic carbocycles. The maximum atomic E-state index is 12.9. The van der Waals surface area contributed by atoms with Crippen molar-refractivity contribution in [3.8, 4) is 0 Å². The number of H-pyrrole nitrogens is 1. The van der Waals surface area contributed by atoms with Crippen molar-refractivity contribution in [3.63, 3.8) is 0 Å². The van der Waals surface area contributed by atoms with E-state index >= 15 is 0 Å². The number of ether oxygens (including phenoxy) is 1. The fourth-order valence-electron chi connectivity index (χ4n) is 4.14. The lowest BCUT2D eigenvalue weighted by Crippen LogP contribution is -2.46. The van der Waals surface area contributed by atoms with Gasteiger partial charge < -0.3 is 9.72 Å². The van der Waals surface area contributed by atoms with Crippen LogP contribution in [0.4, 0.5) is 13.2 Å². The summed E-state index contributed by atoms with van der Waals surface area (Å²) < 4.78 is 44.6. The monoisotopic (exact) mass is 410 g/mol. The number of aromatic amines is 1. The van der Waals surface area contributed by atoms with Crippen LogP contribution in [0, 0.1) is 0 Å². The quantitative estimate of drug-likeness (QED) is 0.802. The molecular formula is C21H25F3N2O3. The Morgan fingerprint density at radius 1 is 1.28 bits per heavy atom. The highest BCUT2D eigenvalue weighted by molar-refractivity contribution is 5.95. The largest absolute Gasteiger partial charge is 0.406 e. The van der Waals surface area contributed by atoms with Crippen LogP contribution in [0.1, 0.15) is 50.4 Å². The van der Waals surface area contributed by atoms with E-state index in [1.54, 1.807) is 0 Å². The van der Waals surface area contributed by atoms with Crippen molar-refractivity contribution in [2.75, 3.05) is 13.2 Å². The van der Waals surface area contributed by atoms with Crippen LogP contribution in [0.25, 0.3) is 10.9 Å². The smallest absolute Gasteiger partial charge is 0.368 e. The zero-order chi connectivity index (χ0) is 21.4. The van der Waals surface area contributed by atoms with Gasteiger partial charge in [0.25, 0.3) is 0 Å². The Morgan fingerprint density at radius 3 is 2.59 bits per heavy atom. The molecule has 2 heterocycles. The van der Waals surface area contributed by atoms with Gasteiger partial charge in [-0.05, 0) is 30.4 Å². The minimum Gasteiger partial charge on any atom is -0.368 e. The molecule has 1 aliphatic rings. The van der Waals surface area contributed by atoms with E-state index in [1.807, 2.05) is 32.0 Å². The molecule has 0 bridgehead atoms. The van der Waals surface area contributed by atoms with Gasteiger partial charge in [-0.3, -0.25) is 14.5 Å². The summed E-state index contributed by atoms with van der Waals surface area (Å²) in [5, 5.41) is 1.05. The fourth-order valence-corrected chi connectivity index (χ4v) is 4.14. The van der Waals surface area contributed by atoms with Crippen LogP contribution in [0.5, 0.6) is 0 Å². The number of nitrogens with one attached hydrogen (secondary N) is 1. The van der Waals surface area contributed by atoms with Crippen molar-refractivity contribution in [2.45, 2.75) is 58.2 Å². The van der Waals surface area contributed by atoms with E-state index in [9.17, 15) is 22.8 Å². The number of fused-ring (bicyclic) bond motifs is 3.